The van der Waals surface area contributed by atoms with Crippen LogP contribution in [0, 0.1) is 0 Å². The van der Waals surface area contributed by atoms with E-state index < -0.39 is 0 Å². The van der Waals surface area contributed by atoms with Crippen LogP contribution in [0.2, 0.25) is 0 Å². The molecule has 1 saturated heterocycles. The van der Waals surface area contributed by atoms with Crippen molar-refractivity contribution in [1.29, 1.82) is 0 Å². The van der Waals surface area contributed by atoms with Crippen LogP contribution in [0.1, 0.15) is 26.2 Å². The van der Waals surface area contributed by atoms with Gasteiger partial charge in [-0.25, -0.2) is 0 Å². The van der Waals surface area contributed by atoms with E-state index in [1.165, 1.54) is 19.4 Å². The van der Waals surface area contributed by atoms with Crippen LogP contribution in [0.25, 0.3) is 0 Å². The van der Waals surface area contributed by atoms with Crippen molar-refractivity contribution >= 4 is 53.5 Å². The van der Waals surface area contributed by atoms with Gasteiger partial charge >= 0.3 is 0 Å². The molecule has 0 spiro atoms. The fraction of sp³-hybridized carbons (Fsp3) is 0.538. The lowest BCUT2D eigenvalue weighted by molar-refractivity contribution is 0.523. The van der Waals surface area contributed by atoms with Gasteiger partial charge in [0.1, 0.15) is 0 Å². The topological polar surface area (TPSA) is 24.1 Å². The van der Waals surface area contributed by atoms with Gasteiger partial charge in [0.2, 0.25) is 0 Å². The number of halogens is 3. The molecule has 2 unspecified atom stereocenters. The molecule has 1 aromatic carbocycles. The quantitative estimate of drug-likeness (QED) is 0.694. The molecule has 1 aliphatic heterocycles. The van der Waals surface area contributed by atoms with Crippen LogP contribution in [-0.4, -0.2) is 18.6 Å². The second-order valence-corrected chi connectivity index (χ2v) is 7.44. The minimum absolute atomic E-state index is 0.453. The van der Waals surface area contributed by atoms with Crippen molar-refractivity contribution in [3.63, 3.8) is 0 Å². The van der Waals surface area contributed by atoms with Crippen LogP contribution in [0.4, 0.5) is 5.69 Å². The molecule has 2 N–H and O–H groups in total. The molecule has 1 aromatic rings. The van der Waals surface area contributed by atoms with Crippen molar-refractivity contribution in [3.05, 3.63) is 25.6 Å². The maximum absolute atomic E-state index is 3.60. The zero-order valence-electron chi connectivity index (χ0n) is 10.3. The molecule has 18 heavy (non-hydrogen) atoms. The van der Waals surface area contributed by atoms with E-state index in [0.29, 0.717) is 12.1 Å². The predicted octanol–water partition coefficient (Wildman–Crippen LogP) is 4.92. The number of nitrogens with one attached hydrogen (secondary N) is 2. The summed E-state index contributed by atoms with van der Waals surface area (Å²) in [5, 5.41) is 7.12. The number of benzene rings is 1. The van der Waals surface area contributed by atoms with E-state index in [0.717, 1.165) is 25.5 Å². The maximum atomic E-state index is 3.60. The van der Waals surface area contributed by atoms with Gasteiger partial charge in [-0.2, -0.15) is 0 Å². The summed E-state index contributed by atoms with van der Waals surface area (Å²) in [4.78, 5) is 0. The lowest BCUT2D eigenvalue weighted by Gasteiger charge is -2.21. The van der Waals surface area contributed by atoms with Crippen LogP contribution >= 0.6 is 47.8 Å². The Labute approximate surface area is 134 Å². The van der Waals surface area contributed by atoms with Crippen molar-refractivity contribution in [2.75, 3.05) is 11.9 Å². The SMILES string of the molecule is CC(CC1CCCN1)Nc1c(Br)cc(Br)cc1Br. The summed E-state index contributed by atoms with van der Waals surface area (Å²) in [6.07, 6.45) is 3.77. The molecule has 1 heterocycles. The smallest absolute Gasteiger partial charge is 0.0631 e. The van der Waals surface area contributed by atoms with Gasteiger partial charge in [-0.05, 0) is 76.7 Å². The largest absolute Gasteiger partial charge is 0.381 e. The first-order valence-electron chi connectivity index (χ1n) is 6.20. The Balaban J connectivity index is 1.99. The highest BCUT2D eigenvalue weighted by Gasteiger charge is 2.18. The third-order valence-corrected chi connectivity index (χ3v) is 4.91. The average Bonchev–Trinajstić information content (AvgIpc) is 2.76. The van der Waals surface area contributed by atoms with Gasteiger partial charge in [0, 0.05) is 25.5 Å². The molecule has 0 aromatic heterocycles. The summed E-state index contributed by atoms with van der Waals surface area (Å²) in [5.41, 5.74) is 1.13. The average molecular weight is 441 g/mol. The highest BCUT2D eigenvalue weighted by atomic mass is 79.9. The van der Waals surface area contributed by atoms with Crippen molar-refractivity contribution in [2.45, 2.75) is 38.3 Å². The van der Waals surface area contributed by atoms with Gasteiger partial charge in [0.15, 0.2) is 0 Å². The second-order valence-electron chi connectivity index (χ2n) is 4.82. The molecule has 0 aliphatic carbocycles. The minimum Gasteiger partial charge on any atom is -0.381 e. The van der Waals surface area contributed by atoms with Crippen molar-refractivity contribution < 1.29 is 0 Å². The van der Waals surface area contributed by atoms with Crippen LogP contribution in [-0.2, 0) is 0 Å². The predicted molar refractivity (Wildman–Crippen MR) is 88.3 cm³/mol. The molecule has 0 radical (unpaired) electrons. The van der Waals surface area contributed by atoms with Gasteiger partial charge in [0.05, 0.1) is 5.69 Å². The van der Waals surface area contributed by atoms with E-state index in [1.54, 1.807) is 0 Å². The monoisotopic (exact) mass is 438 g/mol. The Bertz CT molecular complexity index is 394. The number of anilines is 1. The first-order valence-corrected chi connectivity index (χ1v) is 8.58. The molecule has 2 nitrogen and oxygen atoms in total. The Kier molecular flexibility index (Phi) is 5.54. The summed E-state index contributed by atoms with van der Waals surface area (Å²) in [7, 11) is 0. The Morgan fingerprint density at radius 2 is 2.00 bits per heavy atom. The standard InChI is InChI=1S/C13H17Br3N2/c1-8(5-10-3-2-4-17-10)18-13-11(15)6-9(14)7-12(13)16/h6-8,10,17-18H,2-5H2,1H3. The van der Waals surface area contributed by atoms with Crippen molar-refractivity contribution in [3.8, 4) is 0 Å². The molecule has 2 rings (SSSR count). The second kappa shape index (κ2) is 6.73. The van der Waals surface area contributed by atoms with Crippen LogP contribution in [0.3, 0.4) is 0 Å². The number of hydrogen-bond acceptors (Lipinski definition) is 2. The van der Waals surface area contributed by atoms with E-state index >= 15 is 0 Å². The lowest BCUT2D eigenvalue weighted by Crippen LogP contribution is -2.29. The molecule has 0 saturated carbocycles. The Hall–Kier alpha value is 0.420. The molecule has 0 bridgehead atoms. The van der Waals surface area contributed by atoms with E-state index in [2.05, 4.69) is 77.5 Å². The van der Waals surface area contributed by atoms with Gasteiger partial charge in [-0.3, -0.25) is 0 Å². The summed E-state index contributed by atoms with van der Waals surface area (Å²) in [6.45, 7) is 3.41. The zero-order valence-corrected chi connectivity index (χ0v) is 15.0. The fourth-order valence-corrected chi connectivity index (χ4v) is 4.86. The first-order chi connectivity index (χ1) is 8.56. The summed E-state index contributed by atoms with van der Waals surface area (Å²) in [6, 6.07) is 5.25. The Morgan fingerprint density at radius 1 is 1.33 bits per heavy atom. The van der Waals surface area contributed by atoms with Gasteiger partial charge in [-0.1, -0.05) is 15.9 Å². The maximum Gasteiger partial charge on any atom is 0.0631 e. The highest BCUT2D eigenvalue weighted by Crippen LogP contribution is 2.35. The molecule has 100 valence electrons. The van der Waals surface area contributed by atoms with Crippen LogP contribution < -0.4 is 10.6 Å². The van der Waals surface area contributed by atoms with Crippen LogP contribution in [0.5, 0.6) is 0 Å². The molecule has 1 aliphatic rings. The van der Waals surface area contributed by atoms with Gasteiger partial charge < -0.3 is 10.6 Å². The lowest BCUT2D eigenvalue weighted by atomic mass is 10.1. The molecule has 2 atom stereocenters. The van der Waals surface area contributed by atoms with Gasteiger partial charge in [0.25, 0.3) is 0 Å². The molecule has 0 amide bonds. The Morgan fingerprint density at radius 3 is 2.56 bits per heavy atom. The number of hydrogen-bond donors (Lipinski definition) is 2. The number of rotatable bonds is 4. The normalized spacial score (nSPS) is 21.0. The van der Waals surface area contributed by atoms with Crippen LogP contribution in [0.15, 0.2) is 25.6 Å². The molecular weight excluding hydrogens is 424 g/mol. The third kappa shape index (κ3) is 3.95. The first kappa shape index (κ1) is 14.8. The summed E-state index contributed by atoms with van der Waals surface area (Å²) < 4.78 is 3.22. The molecule has 5 heteroatoms. The summed E-state index contributed by atoms with van der Waals surface area (Å²) >= 11 is 10.7. The minimum atomic E-state index is 0.453. The van der Waals surface area contributed by atoms with E-state index in [4.69, 9.17) is 0 Å². The van der Waals surface area contributed by atoms with E-state index in [9.17, 15) is 0 Å². The van der Waals surface area contributed by atoms with E-state index in [1.807, 2.05) is 0 Å². The van der Waals surface area contributed by atoms with Gasteiger partial charge in [-0.15, -0.1) is 0 Å². The fourth-order valence-electron chi connectivity index (χ4n) is 2.37. The van der Waals surface area contributed by atoms with E-state index in [-0.39, 0.29) is 0 Å². The third-order valence-electron chi connectivity index (χ3n) is 3.20. The van der Waals surface area contributed by atoms with Crippen molar-refractivity contribution in [1.82, 2.24) is 5.32 Å². The summed E-state index contributed by atoms with van der Waals surface area (Å²) in [5.74, 6) is 0. The molecular formula is C13H17Br3N2. The molecule has 1 fully saturated rings. The highest BCUT2D eigenvalue weighted by molar-refractivity contribution is 9.11. The zero-order chi connectivity index (χ0) is 13.1. The van der Waals surface area contributed by atoms with Crippen molar-refractivity contribution in [2.24, 2.45) is 0 Å².